The van der Waals surface area contributed by atoms with Crippen molar-refractivity contribution < 1.29 is 19.1 Å². The smallest absolute Gasteiger partial charge is 0.410 e. The standard InChI is InChI=1S/C36H50N6O4.CH4/c1-24-21-26(22-25(2)33(24)37)23-32(34(43)40-16-9-28(10-17-40)27-7-14-38-15-8-27)46-36(45)41-18-12-30(13-19-41)42-20-11-29-5-3-4-6-31(29)39-35(42)44;/h3-6,21-22,27-28,30,32,38H,7-20,23,37H2,1-2H3,(H,39,44);1H4/t32-;/m1./s1. The van der Waals surface area contributed by atoms with Crippen LogP contribution >= 0.6 is 0 Å². The highest BCUT2D eigenvalue weighted by molar-refractivity contribution is 5.91. The van der Waals surface area contributed by atoms with Crippen molar-refractivity contribution >= 4 is 29.4 Å². The van der Waals surface area contributed by atoms with Crippen molar-refractivity contribution in [2.75, 3.05) is 56.9 Å². The summed E-state index contributed by atoms with van der Waals surface area (Å²) in [6.45, 7) is 9.09. The number of nitrogens with two attached hydrogens (primary N) is 1. The Balaban J connectivity index is 0.00000433. The van der Waals surface area contributed by atoms with Gasteiger partial charge in [-0.15, -0.1) is 0 Å². The molecule has 4 aliphatic rings. The van der Waals surface area contributed by atoms with Crippen molar-refractivity contribution in [2.45, 2.75) is 84.8 Å². The average molecular weight is 647 g/mol. The molecule has 2 aromatic carbocycles. The summed E-state index contributed by atoms with van der Waals surface area (Å²) in [4.78, 5) is 46.2. The third-order valence-corrected chi connectivity index (χ3v) is 10.8. The molecule has 10 heteroatoms. The average Bonchev–Trinajstić information content (AvgIpc) is 3.25. The molecular weight excluding hydrogens is 592 g/mol. The van der Waals surface area contributed by atoms with Crippen LogP contribution in [0.3, 0.4) is 0 Å². The van der Waals surface area contributed by atoms with E-state index in [0.29, 0.717) is 57.9 Å². The van der Waals surface area contributed by atoms with Gasteiger partial charge in [0.15, 0.2) is 6.10 Å². The van der Waals surface area contributed by atoms with Gasteiger partial charge < -0.3 is 35.8 Å². The number of aryl methyl sites for hydroxylation is 2. The number of rotatable bonds is 6. The van der Waals surface area contributed by atoms with E-state index >= 15 is 0 Å². The topological polar surface area (TPSA) is 120 Å². The van der Waals surface area contributed by atoms with Gasteiger partial charge in [0.1, 0.15) is 0 Å². The fourth-order valence-corrected chi connectivity index (χ4v) is 7.98. The SMILES string of the molecule is C.Cc1cc(C[C@@H](OC(=O)N2CCC(N3CCc4ccccc4NC3=O)CC2)C(=O)N2CCC(C3CCNCC3)CC2)cc(C)c1N. The summed E-state index contributed by atoms with van der Waals surface area (Å²) in [6.07, 6.45) is 5.49. The Bertz CT molecular complexity index is 1390. The Morgan fingerprint density at radius 2 is 1.51 bits per heavy atom. The van der Waals surface area contributed by atoms with E-state index in [1.165, 1.54) is 12.8 Å². The quantitative estimate of drug-likeness (QED) is 0.364. The van der Waals surface area contributed by atoms with Gasteiger partial charge in [0, 0.05) is 56.6 Å². The molecule has 0 radical (unpaired) electrons. The van der Waals surface area contributed by atoms with Crippen LogP contribution in [0.1, 0.15) is 68.2 Å². The largest absolute Gasteiger partial charge is 0.436 e. The number of piperidine rings is 3. The zero-order valence-electron chi connectivity index (χ0n) is 27.4. The number of hydrogen-bond donors (Lipinski definition) is 3. The van der Waals surface area contributed by atoms with Crippen LogP contribution in [-0.4, -0.2) is 90.7 Å². The zero-order valence-corrected chi connectivity index (χ0v) is 27.4. The van der Waals surface area contributed by atoms with Crippen molar-refractivity contribution in [3.8, 4) is 0 Å². The maximum Gasteiger partial charge on any atom is 0.410 e. The van der Waals surface area contributed by atoms with E-state index in [-0.39, 0.29) is 25.4 Å². The van der Waals surface area contributed by atoms with E-state index < -0.39 is 12.2 Å². The summed E-state index contributed by atoms with van der Waals surface area (Å²) in [6, 6.07) is 11.9. The monoisotopic (exact) mass is 646 g/mol. The van der Waals surface area contributed by atoms with E-state index in [0.717, 1.165) is 71.9 Å². The van der Waals surface area contributed by atoms with E-state index in [1.807, 2.05) is 54.0 Å². The maximum absolute atomic E-state index is 14.0. The number of nitrogens with zero attached hydrogens (tertiary/aromatic N) is 3. The number of urea groups is 1. The molecule has 256 valence electrons. The number of hydrogen-bond acceptors (Lipinski definition) is 6. The van der Waals surface area contributed by atoms with E-state index in [1.54, 1.807) is 4.90 Å². The molecule has 2 aromatic rings. The van der Waals surface area contributed by atoms with Gasteiger partial charge in [-0.25, -0.2) is 9.59 Å². The Morgan fingerprint density at radius 3 is 2.19 bits per heavy atom. The molecule has 10 nitrogen and oxygen atoms in total. The highest BCUT2D eigenvalue weighted by Gasteiger charge is 2.36. The van der Waals surface area contributed by atoms with Crippen molar-refractivity contribution in [1.29, 1.82) is 0 Å². The zero-order chi connectivity index (χ0) is 32.2. The van der Waals surface area contributed by atoms with Crippen LogP contribution in [-0.2, 0) is 22.4 Å². The number of carbonyl (C=O) groups excluding carboxylic acids is 3. The minimum Gasteiger partial charge on any atom is -0.436 e. The van der Waals surface area contributed by atoms with Crippen molar-refractivity contribution in [3.63, 3.8) is 0 Å². The molecule has 4 heterocycles. The minimum absolute atomic E-state index is 0. The second-order valence-corrected chi connectivity index (χ2v) is 13.7. The number of amides is 4. The first kappa shape index (κ1) is 34.5. The molecule has 6 rings (SSSR count). The number of ether oxygens (including phenoxy) is 1. The molecule has 4 amide bonds. The summed E-state index contributed by atoms with van der Waals surface area (Å²) >= 11 is 0. The second kappa shape index (κ2) is 15.4. The van der Waals surface area contributed by atoms with Crippen molar-refractivity contribution in [2.24, 2.45) is 11.8 Å². The van der Waals surface area contributed by atoms with Crippen LogP contribution in [0.4, 0.5) is 21.0 Å². The molecule has 0 saturated carbocycles. The van der Waals surface area contributed by atoms with Crippen LogP contribution in [0.2, 0.25) is 0 Å². The van der Waals surface area contributed by atoms with E-state index in [4.69, 9.17) is 10.5 Å². The highest BCUT2D eigenvalue weighted by Crippen LogP contribution is 2.32. The van der Waals surface area contributed by atoms with Gasteiger partial charge in [0.05, 0.1) is 0 Å². The third-order valence-electron chi connectivity index (χ3n) is 10.8. The number of carbonyl (C=O) groups is 3. The second-order valence-electron chi connectivity index (χ2n) is 13.7. The number of anilines is 2. The van der Waals surface area contributed by atoms with Gasteiger partial charge in [-0.05, 0) is 112 Å². The maximum atomic E-state index is 14.0. The molecule has 0 aliphatic carbocycles. The number of fused-ring (bicyclic) bond motifs is 1. The lowest BCUT2D eigenvalue weighted by molar-refractivity contribution is -0.142. The van der Waals surface area contributed by atoms with Gasteiger partial charge >= 0.3 is 12.1 Å². The fraction of sp³-hybridized carbons (Fsp3) is 0.595. The molecule has 0 aromatic heterocycles. The highest BCUT2D eigenvalue weighted by atomic mass is 16.6. The molecule has 0 bridgehead atoms. The summed E-state index contributed by atoms with van der Waals surface area (Å²) in [5.74, 6) is 1.27. The molecule has 0 unspecified atom stereocenters. The third kappa shape index (κ3) is 8.03. The number of likely N-dealkylation sites (tertiary alicyclic amines) is 2. The summed E-state index contributed by atoms with van der Waals surface area (Å²) in [5.41, 5.74) is 11.8. The van der Waals surface area contributed by atoms with E-state index in [2.05, 4.69) is 16.7 Å². The van der Waals surface area contributed by atoms with Gasteiger partial charge in [-0.3, -0.25) is 4.79 Å². The molecular formula is C37H54N6O4. The van der Waals surface area contributed by atoms with Gasteiger partial charge in [-0.1, -0.05) is 37.8 Å². The Hall–Kier alpha value is -3.79. The molecule has 3 fully saturated rings. The summed E-state index contributed by atoms with van der Waals surface area (Å²) < 4.78 is 6.09. The van der Waals surface area contributed by atoms with Gasteiger partial charge in [0.2, 0.25) is 0 Å². The fourth-order valence-electron chi connectivity index (χ4n) is 7.98. The minimum atomic E-state index is -0.905. The van der Waals surface area contributed by atoms with Crippen LogP contribution in [0.5, 0.6) is 0 Å². The number of para-hydroxylation sites is 1. The van der Waals surface area contributed by atoms with Crippen LogP contribution in [0.15, 0.2) is 36.4 Å². The lowest BCUT2D eigenvalue weighted by Gasteiger charge is -2.39. The number of benzene rings is 2. The van der Waals surface area contributed by atoms with Crippen molar-refractivity contribution in [1.82, 2.24) is 20.0 Å². The Morgan fingerprint density at radius 1 is 0.894 bits per heavy atom. The lowest BCUT2D eigenvalue weighted by Crippen LogP contribution is -2.52. The summed E-state index contributed by atoms with van der Waals surface area (Å²) in [7, 11) is 0. The Kier molecular flexibility index (Phi) is 11.3. The number of nitrogens with one attached hydrogen (secondary N) is 2. The Labute approximate surface area is 280 Å². The first-order chi connectivity index (χ1) is 22.3. The molecule has 4 aliphatic heterocycles. The lowest BCUT2D eigenvalue weighted by atomic mass is 9.79. The predicted molar refractivity (Wildman–Crippen MR) is 186 cm³/mol. The molecule has 0 spiro atoms. The van der Waals surface area contributed by atoms with Crippen LogP contribution < -0.4 is 16.4 Å². The van der Waals surface area contributed by atoms with Gasteiger partial charge in [0.25, 0.3) is 5.91 Å². The normalized spacial score (nSPS) is 20.5. The summed E-state index contributed by atoms with van der Waals surface area (Å²) in [5, 5.41) is 6.52. The van der Waals surface area contributed by atoms with E-state index in [9.17, 15) is 14.4 Å². The first-order valence-corrected chi connectivity index (χ1v) is 17.2. The van der Waals surface area contributed by atoms with Crippen molar-refractivity contribution in [3.05, 3.63) is 58.7 Å². The van der Waals surface area contributed by atoms with Gasteiger partial charge in [-0.2, -0.15) is 0 Å². The molecule has 3 saturated heterocycles. The first-order valence-electron chi connectivity index (χ1n) is 17.2. The number of nitrogen functional groups attached to an aromatic ring is 1. The molecule has 1 atom stereocenters. The molecule has 4 N–H and O–H groups in total. The van der Waals surface area contributed by atoms with Crippen LogP contribution in [0, 0.1) is 25.7 Å². The van der Waals surface area contributed by atoms with Crippen LogP contribution in [0.25, 0.3) is 0 Å². The predicted octanol–water partition coefficient (Wildman–Crippen LogP) is 5.36. The molecule has 47 heavy (non-hydrogen) atoms.